The molecular weight excluding hydrogens is 322 g/mol. The molecule has 0 amide bonds. The van der Waals surface area contributed by atoms with E-state index in [9.17, 15) is 5.21 Å². The first-order valence-corrected chi connectivity index (χ1v) is 7.51. The summed E-state index contributed by atoms with van der Waals surface area (Å²) in [5, 5.41) is 12.7. The van der Waals surface area contributed by atoms with Crippen molar-refractivity contribution in [1.29, 1.82) is 0 Å². The second-order valence-electron chi connectivity index (χ2n) is 5.00. The number of hydrogen-bond acceptors (Lipinski definition) is 6. The van der Waals surface area contributed by atoms with E-state index in [0.717, 1.165) is 5.56 Å². The maximum Gasteiger partial charge on any atom is 0.161 e. The Morgan fingerprint density at radius 2 is 1.36 bits per heavy atom. The normalized spacial score (nSPS) is 11.4. The van der Waals surface area contributed by atoms with E-state index in [1.807, 2.05) is 24.3 Å². The monoisotopic (exact) mass is 343 g/mol. The van der Waals surface area contributed by atoms with Gasteiger partial charge >= 0.3 is 0 Å². The zero-order valence-electron chi connectivity index (χ0n) is 14.6. The summed E-state index contributed by atoms with van der Waals surface area (Å²) in [5.41, 5.74) is 1.95. The largest absolute Gasteiger partial charge is 0.493 e. The van der Waals surface area contributed by atoms with Gasteiger partial charge in [-0.1, -0.05) is 17.3 Å². The van der Waals surface area contributed by atoms with Gasteiger partial charge in [-0.25, -0.2) is 0 Å². The van der Waals surface area contributed by atoms with Gasteiger partial charge in [0.25, 0.3) is 0 Å². The lowest BCUT2D eigenvalue weighted by molar-refractivity contribution is 0.320. The zero-order chi connectivity index (χ0) is 18.2. The number of allylic oxidation sites excluding steroid dienone is 1. The quantitative estimate of drug-likeness (QED) is 0.472. The number of methoxy groups -OCH3 is 4. The van der Waals surface area contributed by atoms with E-state index >= 15 is 0 Å². The zero-order valence-corrected chi connectivity index (χ0v) is 14.6. The molecular formula is C19H21NO5. The van der Waals surface area contributed by atoms with Gasteiger partial charge < -0.3 is 24.2 Å². The van der Waals surface area contributed by atoms with Crippen LogP contribution in [0.5, 0.6) is 23.0 Å². The second-order valence-corrected chi connectivity index (χ2v) is 5.00. The predicted molar refractivity (Wildman–Crippen MR) is 96.4 cm³/mol. The third-order valence-electron chi connectivity index (χ3n) is 3.63. The lowest BCUT2D eigenvalue weighted by Crippen LogP contribution is -1.99. The molecule has 0 aliphatic heterocycles. The Kier molecular flexibility index (Phi) is 6.28. The molecule has 6 heteroatoms. The first kappa shape index (κ1) is 18.2. The maximum atomic E-state index is 9.35. The summed E-state index contributed by atoms with van der Waals surface area (Å²) >= 11 is 0. The van der Waals surface area contributed by atoms with Gasteiger partial charge in [-0.3, -0.25) is 0 Å². The van der Waals surface area contributed by atoms with Crippen molar-refractivity contribution >= 4 is 11.8 Å². The molecule has 0 aliphatic rings. The molecule has 1 N–H and O–H groups in total. The van der Waals surface area contributed by atoms with E-state index in [-0.39, 0.29) is 0 Å². The van der Waals surface area contributed by atoms with Gasteiger partial charge in [-0.15, -0.1) is 0 Å². The lowest BCUT2D eigenvalue weighted by atomic mass is 10.1. The van der Waals surface area contributed by atoms with Crippen LogP contribution in [0.4, 0.5) is 0 Å². The first-order valence-electron chi connectivity index (χ1n) is 7.51. The Morgan fingerprint density at radius 3 is 1.92 bits per heavy atom. The molecule has 0 fully saturated rings. The first-order chi connectivity index (χ1) is 12.2. The maximum absolute atomic E-state index is 9.35. The van der Waals surface area contributed by atoms with Gasteiger partial charge in [-0.05, 0) is 42.0 Å². The molecule has 0 heterocycles. The highest BCUT2D eigenvalue weighted by molar-refractivity contribution is 6.10. The summed E-state index contributed by atoms with van der Waals surface area (Å²) in [4.78, 5) is 0. The Morgan fingerprint density at radius 1 is 0.800 bits per heavy atom. The molecule has 0 saturated heterocycles. The molecule has 2 rings (SSSR count). The van der Waals surface area contributed by atoms with E-state index in [4.69, 9.17) is 18.9 Å². The van der Waals surface area contributed by atoms with Crippen molar-refractivity contribution < 1.29 is 24.2 Å². The summed E-state index contributed by atoms with van der Waals surface area (Å²) in [5.74, 6) is 2.43. The van der Waals surface area contributed by atoms with Crippen LogP contribution in [0.3, 0.4) is 0 Å². The number of hydrogen-bond donors (Lipinski definition) is 1. The van der Waals surface area contributed by atoms with Gasteiger partial charge in [-0.2, -0.15) is 0 Å². The molecule has 6 nitrogen and oxygen atoms in total. The van der Waals surface area contributed by atoms with Crippen molar-refractivity contribution in [3.63, 3.8) is 0 Å². The molecule has 0 bridgehead atoms. The second kappa shape index (κ2) is 8.63. The Hall–Kier alpha value is -3.15. The standard InChI is InChI=1S/C19H21NO5/c1-22-16-9-6-13(11-18(16)24-3)5-8-15(20-21)14-7-10-17(23-2)19(12-14)25-4/h5-12,21H,1-4H3/b8-5-,20-15-. The minimum absolute atomic E-state index is 0.385. The molecule has 0 aromatic heterocycles. The number of nitrogens with zero attached hydrogens (tertiary/aromatic N) is 1. The number of ether oxygens (including phenoxy) is 4. The van der Waals surface area contributed by atoms with Crippen LogP contribution in [0, 0.1) is 0 Å². The van der Waals surface area contributed by atoms with E-state index < -0.39 is 0 Å². The van der Waals surface area contributed by atoms with Gasteiger partial charge in [0, 0.05) is 5.56 Å². The van der Waals surface area contributed by atoms with Crippen molar-refractivity contribution in [2.75, 3.05) is 28.4 Å². The van der Waals surface area contributed by atoms with Gasteiger partial charge in [0.05, 0.1) is 28.4 Å². The van der Waals surface area contributed by atoms with Crippen LogP contribution in [0.25, 0.3) is 6.08 Å². The van der Waals surface area contributed by atoms with Crippen LogP contribution in [0.2, 0.25) is 0 Å². The highest BCUT2D eigenvalue weighted by Gasteiger charge is 2.08. The highest BCUT2D eigenvalue weighted by Crippen LogP contribution is 2.29. The van der Waals surface area contributed by atoms with Crippen LogP contribution in [-0.2, 0) is 0 Å². The summed E-state index contributed by atoms with van der Waals surface area (Å²) in [6.45, 7) is 0. The molecule has 0 aliphatic carbocycles. The minimum Gasteiger partial charge on any atom is -0.493 e. The van der Waals surface area contributed by atoms with Crippen molar-refractivity contribution in [2.24, 2.45) is 5.16 Å². The van der Waals surface area contributed by atoms with Crippen LogP contribution < -0.4 is 18.9 Å². The predicted octanol–water partition coefficient (Wildman–Crippen LogP) is 3.61. The Labute approximate surface area is 146 Å². The summed E-state index contributed by atoms with van der Waals surface area (Å²) in [7, 11) is 6.28. The molecule has 0 radical (unpaired) electrons. The molecule has 2 aromatic rings. The topological polar surface area (TPSA) is 69.5 Å². The van der Waals surface area contributed by atoms with Crippen molar-refractivity contribution in [3.8, 4) is 23.0 Å². The van der Waals surface area contributed by atoms with E-state index in [1.54, 1.807) is 52.7 Å². The number of oxime groups is 1. The SMILES string of the molecule is COc1ccc(/C=C\C(=N\O)c2ccc(OC)c(OC)c2)cc1OC. The average Bonchev–Trinajstić information content (AvgIpc) is 2.67. The van der Waals surface area contributed by atoms with Crippen LogP contribution >= 0.6 is 0 Å². The van der Waals surface area contributed by atoms with Crippen LogP contribution in [0.15, 0.2) is 47.6 Å². The molecule has 25 heavy (non-hydrogen) atoms. The third kappa shape index (κ3) is 4.23. The fourth-order valence-corrected chi connectivity index (χ4v) is 2.31. The molecule has 2 aromatic carbocycles. The van der Waals surface area contributed by atoms with E-state index in [0.29, 0.717) is 34.3 Å². The molecule has 132 valence electrons. The molecule has 0 unspecified atom stereocenters. The fourth-order valence-electron chi connectivity index (χ4n) is 2.31. The molecule has 0 atom stereocenters. The Bertz CT molecular complexity index is 783. The molecule has 0 saturated carbocycles. The number of rotatable bonds is 7. The fraction of sp³-hybridized carbons (Fsp3) is 0.211. The summed E-state index contributed by atoms with van der Waals surface area (Å²) in [6.07, 6.45) is 3.51. The summed E-state index contributed by atoms with van der Waals surface area (Å²) < 4.78 is 21.0. The van der Waals surface area contributed by atoms with Gasteiger partial charge in [0.2, 0.25) is 0 Å². The van der Waals surface area contributed by atoms with Crippen LogP contribution in [0.1, 0.15) is 11.1 Å². The van der Waals surface area contributed by atoms with Crippen LogP contribution in [-0.4, -0.2) is 39.4 Å². The molecule has 0 spiro atoms. The number of benzene rings is 2. The lowest BCUT2D eigenvalue weighted by Gasteiger charge is -2.09. The van der Waals surface area contributed by atoms with Gasteiger partial charge in [0.1, 0.15) is 5.71 Å². The van der Waals surface area contributed by atoms with E-state index in [2.05, 4.69) is 5.16 Å². The average molecular weight is 343 g/mol. The Balaban J connectivity index is 2.29. The van der Waals surface area contributed by atoms with Gasteiger partial charge in [0.15, 0.2) is 23.0 Å². The van der Waals surface area contributed by atoms with Crippen molar-refractivity contribution in [3.05, 3.63) is 53.6 Å². The van der Waals surface area contributed by atoms with Crippen molar-refractivity contribution in [2.45, 2.75) is 0 Å². The van der Waals surface area contributed by atoms with E-state index in [1.165, 1.54) is 0 Å². The summed E-state index contributed by atoms with van der Waals surface area (Å²) in [6, 6.07) is 10.8. The third-order valence-corrected chi connectivity index (χ3v) is 3.63. The highest BCUT2D eigenvalue weighted by atomic mass is 16.5. The smallest absolute Gasteiger partial charge is 0.161 e. The van der Waals surface area contributed by atoms with Crippen molar-refractivity contribution in [1.82, 2.24) is 0 Å². The minimum atomic E-state index is 0.385.